The van der Waals surface area contributed by atoms with Gasteiger partial charge in [-0.25, -0.2) is 4.98 Å². The average Bonchev–Trinajstić information content (AvgIpc) is 3.15. The predicted octanol–water partition coefficient (Wildman–Crippen LogP) is 4.56. The number of fused-ring (bicyclic) bond motifs is 2. The summed E-state index contributed by atoms with van der Waals surface area (Å²) in [5, 5.41) is 6.99. The SMILES string of the molecule is CC(=O)Nc1nc2ccc(NC(=O)c3oc4ccccc4c3C)cc2s1. The number of furan rings is 1. The molecular formula is C19H15N3O3S. The van der Waals surface area contributed by atoms with E-state index in [0.717, 1.165) is 21.2 Å². The number of nitrogens with one attached hydrogen (secondary N) is 2. The van der Waals surface area contributed by atoms with E-state index in [4.69, 9.17) is 4.42 Å². The average molecular weight is 365 g/mol. The van der Waals surface area contributed by atoms with Gasteiger partial charge in [0.25, 0.3) is 5.91 Å². The van der Waals surface area contributed by atoms with E-state index in [0.29, 0.717) is 22.2 Å². The largest absolute Gasteiger partial charge is 0.451 e. The molecule has 0 saturated heterocycles. The van der Waals surface area contributed by atoms with Crippen LogP contribution in [0, 0.1) is 6.92 Å². The number of hydrogen-bond donors (Lipinski definition) is 2. The molecule has 2 amide bonds. The van der Waals surface area contributed by atoms with Crippen LogP contribution in [0.1, 0.15) is 23.0 Å². The van der Waals surface area contributed by atoms with Gasteiger partial charge in [-0.05, 0) is 31.2 Å². The van der Waals surface area contributed by atoms with E-state index in [9.17, 15) is 9.59 Å². The molecule has 0 fully saturated rings. The molecule has 0 aliphatic heterocycles. The molecule has 0 bridgehead atoms. The first-order chi connectivity index (χ1) is 12.5. The van der Waals surface area contributed by atoms with Gasteiger partial charge >= 0.3 is 0 Å². The molecule has 2 aromatic heterocycles. The van der Waals surface area contributed by atoms with Crippen molar-refractivity contribution in [2.75, 3.05) is 10.6 Å². The normalized spacial score (nSPS) is 11.0. The molecule has 2 N–H and O–H groups in total. The Morgan fingerprint density at radius 3 is 2.69 bits per heavy atom. The zero-order chi connectivity index (χ0) is 18.3. The van der Waals surface area contributed by atoms with Gasteiger partial charge in [0.05, 0.1) is 10.2 Å². The highest BCUT2D eigenvalue weighted by atomic mass is 32.1. The summed E-state index contributed by atoms with van der Waals surface area (Å²) < 4.78 is 6.57. The van der Waals surface area contributed by atoms with Crippen molar-refractivity contribution >= 4 is 55.2 Å². The van der Waals surface area contributed by atoms with E-state index in [1.807, 2.05) is 37.3 Å². The minimum atomic E-state index is -0.301. The van der Waals surface area contributed by atoms with Crippen LogP contribution in [0.5, 0.6) is 0 Å². The van der Waals surface area contributed by atoms with Crippen LogP contribution in [0.15, 0.2) is 46.9 Å². The third kappa shape index (κ3) is 2.93. The van der Waals surface area contributed by atoms with Gasteiger partial charge in [0.2, 0.25) is 5.91 Å². The predicted molar refractivity (Wildman–Crippen MR) is 103 cm³/mol. The third-order valence-corrected chi connectivity index (χ3v) is 4.91. The monoisotopic (exact) mass is 365 g/mol. The Labute approximate surface area is 152 Å². The summed E-state index contributed by atoms with van der Waals surface area (Å²) in [5.74, 6) is -0.169. The summed E-state index contributed by atoms with van der Waals surface area (Å²) in [7, 11) is 0. The van der Waals surface area contributed by atoms with Crippen LogP contribution in [0.25, 0.3) is 21.2 Å². The van der Waals surface area contributed by atoms with Crippen molar-refractivity contribution in [3.05, 3.63) is 53.8 Å². The maximum Gasteiger partial charge on any atom is 0.291 e. The summed E-state index contributed by atoms with van der Waals surface area (Å²) in [6, 6.07) is 13.0. The van der Waals surface area contributed by atoms with Crippen LogP contribution in [-0.2, 0) is 4.79 Å². The number of carbonyl (C=O) groups is 2. The van der Waals surface area contributed by atoms with E-state index < -0.39 is 0 Å². The van der Waals surface area contributed by atoms with Crippen molar-refractivity contribution in [2.45, 2.75) is 13.8 Å². The first kappa shape index (κ1) is 16.3. The summed E-state index contributed by atoms with van der Waals surface area (Å²) in [5.41, 5.74) is 2.90. The van der Waals surface area contributed by atoms with E-state index in [1.165, 1.54) is 18.3 Å². The molecule has 0 spiro atoms. The van der Waals surface area contributed by atoms with E-state index in [1.54, 1.807) is 12.1 Å². The molecule has 2 heterocycles. The lowest BCUT2D eigenvalue weighted by Gasteiger charge is -2.03. The topological polar surface area (TPSA) is 84.2 Å². The van der Waals surface area contributed by atoms with Crippen molar-refractivity contribution in [3.8, 4) is 0 Å². The number of anilines is 2. The first-order valence-electron chi connectivity index (χ1n) is 7.99. The van der Waals surface area contributed by atoms with Crippen LogP contribution in [0.3, 0.4) is 0 Å². The zero-order valence-corrected chi connectivity index (χ0v) is 14.9. The van der Waals surface area contributed by atoms with Crippen molar-refractivity contribution in [1.29, 1.82) is 0 Å². The fraction of sp³-hybridized carbons (Fsp3) is 0.105. The zero-order valence-electron chi connectivity index (χ0n) is 14.1. The standard InChI is InChI=1S/C19H15N3O3S/c1-10-13-5-3-4-6-15(13)25-17(10)18(24)21-12-7-8-14-16(9-12)26-19(22-14)20-11(2)23/h3-9H,1-2H3,(H,21,24)(H,20,22,23). The summed E-state index contributed by atoms with van der Waals surface area (Å²) in [6.07, 6.45) is 0. The molecule has 0 saturated carbocycles. The molecule has 4 rings (SSSR count). The number of rotatable bonds is 3. The number of aryl methyl sites for hydroxylation is 1. The number of hydrogen-bond acceptors (Lipinski definition) is 5. The van der Waals surface area contributed by atoms with Gasteiger partial charge in [0.1, 0.15) is 5.58 Å². The maximum atomic E-state index is 12.6. The Morgan fingerprint density at radius 2 is 1.92 bits per heavy atom. The van der Waals surface area contributed by atoms with Gasteiger partial charge in [-0.1, -0.05) is 29.5 Å². The second-order valence-electron chi connectivity index (χ2n) is 5.89. The lowest BCUT2D eigenvalue weighted by Crippen LogP contribution is -2.11. The fourth-order valence-corrected chi connectivity index (χ4v) is 3.74. The molecule has 7 heteroatoms. The molecule has 130 valence electrons. The molecule has 0 aliphatic rings. The Morgan fingerprint density at radius 1 is 1.12 bits per heavy atom. The van der Waals surface area contributed by atoms with E-state index >= 15 is 0 Å². The van der Waals surface area contributed by atoms with Gasteiger partial charge in [0, 0.05) is 23.6 Å². The Hall–Kier alpha value is -3.19. The highest BCUT2D eigenvalue weighted by Gasteiger charge is 2.18. The van der Waals surface area contributed by atoms with E-state index in [2.05, 4.69) is 15.6 Å². The van der Waals surface area contributed by atoms with Crippen molar-refractivity contribution in [3.63, 3.8) is 0 Å². The van der Waals surface area contributed by atoms with Gasteiger partial charge < -0.3 is 15.1 Å². The summed E-state index contributed by atoms with van der Waals surface area (Å²) in [4.78, 5) is 28.1. The third-order valence-electron chi connectivity index (χ3n) is 3.98. The quantitative estimate of drug-likeness (QED) is 0.557. The molecule has 0 aliphatic carbocycles. The minimum absolute atomic E-state index is 0.169. The van der Waals surface area contributed by atoms with Crippen molar-refractivity contribution in [1.82, 2.24) is 4.98 Å². The smallest absolute Gasteiger partial charge is 0.291 e. The molecular weight excluding hydrogens is 350 g/mol. The lowest BCUT2D eigenvalue weighted by molar-refractivity contribution is -0.114. The second-order valence-corrected chi connectivity index (χ2v) is 6.92. The highest BCUT2D eigenvalue weighted by Crippen LogP contribution is 2.29. The molecule has 4 aromatic rings. The number of aromatic nitrogens is 1. The first-order valence-corrected chi connectivity index (χ1v) is 8.80. The summed E-state index contributed by atoms with van der Waals surface area (Å²) in [6.45, 7) is 3.31. The van der Waals surface area contributed by atoms with Crippen molar-refractivity contribution < 1.29 is 14.0 Å². The van der Waals surface area contributed by atoms with Gasteiger partial charge in [-0.15, -0.1) is 0 Å². The maximum absolute atomic E-state index is 12.6. The molecule has 2 aromatic carbocycles. The van der Waals surface area contributed by atoms with Crippen LogP contribution >= 0.6 is 11.3 Å². The highest BCUT2D eigenvalue weighted by molar-refractivity contribution is 7.22. The number of benzene rings is 2. The second kappa shape index (κ2) is 6.27. The Kier molecular flexibility index (Phi) is 3.93. The van der Waals surface area contributed by atoms with Gasteiger partial charge in [0.15, 0.2) is 10.9 Å². The summed E-state index contributed by atoms with van der Waals surface area (Å²) >= 11 is 1.35. The van der Waals surface area contributed by atoms with Crippen LogP contribution in [0.2, 0.25) is 0 Å². The Balaban J connectivity index is 1.62. The minimum Gasteiger partial charge on any atom is -0.451 e. The van der Waals surface area contributed by atoms with Crippen LogP contribution in [0.4, 0.5) is 10.8 Å². The van der Waals surface area contributed by atoms with Crippen molar-refractivity contribution in [2.24, 2.45) is 0 Å². The molecule has 0 radical (unpaired) electrons. The van der Waals surface area contributed by atoms with E-state index in [-0.39, 0.29) is 11.8 Å². The van der Waals surface area contributed by atoms with Gasteiger partial charge in [-0.2, -0.15) is 0 Å². The number of para-hydroxylation sites is 1. The molecule has 26 heavy (non-hydrogen) atoms. The Bertz CT molecular complexity index is 1160. The molecule has 6 nitrogen and oxygen atoms in total. The number of carbonyl (C=O) groups excluding carboxylic acids is 2. The number of amides is 2. The lowest BCUT2D eigenvalue weighted by atomic mass is 10.1. The van der Waals surface area contributed by atoms with Crippen LogP contribution in [-0.4, -0.2) is 16.8 Å². The molecule has 0 unspecified atom stereocenters. The number of nitrogens with zero attached hydrogens (tertiary/aromatic N) is 1. The fourth-order valence-electron chi connectivity index (χ4n) is 2.79. The number of thiazole rings is 1. The van der Waals surface area contributed by atoms with Crippen LogP contribution < -0.4 is 10.6 Å². The molecule has 0 atom stereocenters. The van der Waals surface area contributed by atoms with Gasteiger partial charge in [-0.3, -0.25) is 9.59 Å².